The Hall–Kier alpha value is -3.73. The summed E-state index contributed by atoms with van der Waals surface area (Å²) in [5.74, 6) is 0.766. The number of sulfonamides is 1. The number of nitrogens with zero attached hydrogens (tertiary/aromatic N) is 3. The molecule has 4 aromatic rings. The Morgan fingerprint density at radius 1 is 1.18 bits per heavy atom. The highest BCUT2D eigenvalue weighted by molar-refractivity contribution is 7.92. The molecule has 0 radical (unpaired) electrons. The summed E-state index contributed by atoms with van der Waals surface area (Å²) in [6.45, 7) is 0. The lowest BCUT2D eigenvalue weighted by Crippen LogP contribution is -2.11. The Kier molecular flexibility index (Phi) is 4.28. The van der Waals surface area contributed by atoms with Gasteiger partial charge in [-0.25, -0.2) is 13.5 Å². The van der Waals surface area contributed by atoms with E-state index in [-0.39, 0.29) is 33.8 Å². The quantitative estimate of drug-likeness (QED) is 0.520. The van der Waals surface area contributed by atoms with Crippen molar-refractivity contribution in [3.63, 3.8) is 0 Å². The molecule has 0 aliphatic heterocycles. The van der Waals surface area contributed by atoms with Crippen LogP contribution in [0, 0.1) is 0 Å². The average molecular weight is 399 g/mol. The van der Waals surface area contributed by atoms with Gasteiger partial charge in [-0.1, -0.05) is 18.2 Å². The highest BCUT2D eigenvalue weighted by Crippen LogP contribution is 2.34. The van der Waals surface area contributed by atoms with E-state index < -0.39 is 15.5 Å². The molecule has 2 N–H and O–H groups in total. The van der Waals surface area contributed by atoms with E-state index in [0.29, 0.717) is 5.75 Å². The molecule has 142 valence electrons. The molecule has 2 heterocycles. The molecule has 2 aromatic carbocycles. The second-order valence-electron chi connectivity index (χ2n) is 5.86. The molecule has 2 aromatic heterocycles. The van der Waals surface area contributed by atoms with Crippen LogP contribution < -0.4 is 14.9 Å². The van der Waals surface area contributed by atoms with E-state index in [1.807, 2.05) is 6.07 Å². The SMILES string of the molecule is CS(=O)(=O)Nc1cc2occ(-c3nnn[nH]3)c(=O)c2cc1Oc1ccccc1. The average Bonchev–Trinajstić information content (AvgIpc) is 3.17. The lowest BCUT2D eigenvalue weighted by molar-refractivity contribution is 0.485. The fourth-order valence-corrected chi connectivity index (χ4v) is 3.13. The number of tetrazole rings is 1. The lowest BCUT2D eigenvalue weighted by Gasteiger charge is -2.13. The zero-order valence-corrected chi connectivity index (χ0v) is 15.2. The third kappa shape index (κ3) is 3.55. The largest absolute Gasteiger partial charge is 0.463 e. The van der Waals surface area contributed by atoms with Crippen LogP contribution in [0.2, 0.25) is 0 Å². The van der Waals surface area contributed by atoms with Gasteiger partial charge in [0.05, 0.1) is 17.3 Å². The number of rotatable bonds is 5. The topological polar surface area (TPSA) is 140 Å². The van der Waals surface area contributed by atoms with Gasteiger partial charge >= 0.3 is 0 Å². The Bertz CT molecular complexity index is 1300. The van der Waals surface area contributed by atoms with Gasteiger partial charge in [-0.15, -0.1) is 5.10 Å². The molecular weight excluding hydrogens is 386 g/mol. The molecule has 0 saturated heterocycles. The lowest BCUT2D eigenvalue weighted by atomic mass is 10.1. The first-order chi connectivity index (χ1) is 13.4. The predicted octanol–water partition coefficient (Wildman–Crippen LogP) is 2.14. The number of fused-ring (bicyclic) bond motifs is 1. The van der Waals surface area contributed by atoms with E-state index in [9.17, 15) is 13.2 Å². The molecule has 0 aliphatic carbocycles. The van der Waals surface area contributed by atoms with Gasteiger partial charge in [-0.2, -0.15) is 0 Å². The van der Waals surface area contributed by atoms with Crippen molar-refractivity contribution >= 4 is 26.7 Å². The van der Waals surface area contributed by atoms with Crippen LogP contribution in [-0.4, -0.2) is 35.3 Å². The van der Waals surface area contributed by atoms with Crippen molar-refractivity contribution in [2.45, 2.75) is 0 Å². The highest BCUT2D eigenvalue weighted by Gasteiger charge is 2.17. The standard InChI is InChI=1S/C17H13N5O5S/c1-28(24,25)20-13-8-14-11(7-15(13)27-10-5-3-2-4-6-10)16(23)12(9-26-14)17-18-21-22-19-17/h2-9,20H,1H3,(H,18,19,21,22). The molecule has 0 spiro atoms. The number of aromatic nitrogens is 4. The molecule has 11 heteroatoms. The summed E-state index contributed by atoms with van der Waals surface area (Å²) in [5.41, 5.74) is 0.0412. The summed E-state index contributed by atoms with van der Waals surface area (Å²) in [6.07, 6.45) is 2.22. The second kappa shape index (κ2) is 6.78. The maximum Gasteiger partial charge on any atom is 0.229 e. The summed E-state index contributed by atoms with van der Waals surface area (Å²) < 4.78 is 37.1. The zero-order chi connectivity index (χ0) is 19.7. The summed E-state index contributed by atoms with van der Waals surface area (Å²) in [5, 5.41) is 13.3. The maximum atomic E-state index is 12.9. The van der Waals surface area contributed by atoms with Crippen LogP contribution in [0.3, 0.4) is 0 Å². The van der Waals surface area contributed by atoms with Crippen molar-refractivity contribution in [2.24, 2.45) is 0 Å². The van der Waals surface area contributed by atoms with Gasteiger partial charge in [-0.3, -0.25) is 9.52 Å². The van der Waals surface area contributed by atoms with E-state index in [2.05, 4.69) is 25.3 Å². The van der Waals surface area contributed by atoms with Gasteiger partial charge in [0, 0.05) is 6.07 Å². The minimum absolute atomic E-state index is 0.131. The van der Waals surface area contributed by atoms with E-state index in [4.69, 9.17) is 9.15 Å². The van der Waals surface area contributed by atoms with E-state index >= 15 is 0 Å². The first-order valence-electron chi connectivity index (χ1n) is 7.95. The fourth-order valence-electron chi connectivity index (χ4n) is 2.57. The predicted molar refractivity (Wildman–Crippen MR) is 101 cm³/mol. The Morgan fingerprint density at radius 2 is 1.96 bits per heavy atom. The third-order valence-corrected chi connectivity index (χ3v) is 4.33. The van der Waals surface area contributed by atoms with Gasteiger partial charge in [0.1, 0.15) is 23.2 Å². The molecule has 0 unspecified atom stereocenters. The number of hydrogen-bond donors (Lipinski definition) is 2. The van der Waals surface area contributed by atoms with Crippen molar-refractivity contribution in [1.82, 2.24) is 20.6 Å². The number of aromatic amines is 1. The van der Waals surface area contributed by atoms with Crippen LogP contribution in [0.1, 0.15) is 0 Å². The Balaban J connectivity index is 1.91. The molecule has 0 fully saturated rings. The van der Waals surface area contributed by atoms with Gasteiger partial charge in [0.15, 0.2) is 11.6 Å². The van der Waals surface area contributed by atoms with Gasteiger partial charge in [0.2, 0.25) is 15.5 Å². The molecule has 0 bridgehead atoms. The first-order valence-corrected chi connectivity index (χ1v) is 9.84. The van der Waals surface area contributed by atoms with Crippen molar-refractivity contribution in [3.8, 4) is 22.9 Å². The van der Waals surface area contributed by atoms with Crippen LogP contribution in [0.25, 0.3) is 22.4 Å². The first kappa shape index (κ1) is 17.7. The molecule has 4 rings (SSSR count). The van der Waals surface area contributed by atoms with Crippen molar-refractivity contribution in [3.05, 3.63) is 59.0 Å². The number of hydrogen-bond acceptors (Lipinski definition) is 8. The highest BCUT2D eigenvalue weighted by atomic mass is 32.2. The molecule has 0 saturated carbocycles. The second-order valence-corrected chi connectivity index (χ2v) is 7.61. The number of anilines is 1. The minimum atomic E-state index is -3.60. The Morgan fingerprint density at radius 3 is 2.64 bits per heavy atom. The molecule has 0 aliphatic rings. The minimum Gasteiger partial charge on any atom is -0.463 e. The number of para-hydroxylation sites is 1. The van der Waals surface area contributed by atoms with Gasteiger partial charge in [0.25, 0.3) is 0 Å². The monoisotopic (exact) mass is 399 g/mol. The summed E-state index contributed by atoms with van der Waals surface area (Å²) >= 11 is 0. The summed E-state index contributed by atoms with van der Waals surface area (Å²) in [4.78, 5) is 12.9. The normalized spacial score (nSPS) is 11.5. The van der Waals surface area contributed by atoms with E-state index in [0.717, 1.165) is 6.26 Å². The maximum absolute atomic E-state index is 12.9. The number of benzene rings is 2. The zero-order valence-electron chi connectivity index (χ0n) is 14.4. The molecule has 0 amide bonds. The van der Waals surface area contributed by atoms with Crippen LogP contribution in [-0.2, 0) is 10.0 Å². The van der Waals surface area contributed by atoms with Gasteiger partial charge in [-0.05, 0) is 28.6 Å². The van der Waals surface area contributed by atoms with E-state index in [1.165, 1.54) is 18.4 Å². The number of H-pyrrole nitrogens is 1. The number of nitrogens with one attached hydrogen (secondary N) is 2. The van der Waals surface area contributed by atoms with Crippen molar-refractivity contribution < 1.29 is 17.6 Å². The smallest absolute Gasteiger partial charge is 0.229 e. The van der Waals surface area contributed by atoms with Crippen LogP contribution in [0.15, 0.2) is 57.9 Å². The Labute approximate surface area is 158 Å². The third-order valence-electron chi connectivity index (χ3n) is 3.74. The van der Waals surface area contributed by atoms with E-state index in [1.54, 1.807) is 24.3 Å². The van der Waals surface area contributed by atoms with Crippen molar-refractivity contribution in [2.75, 3.05) is 11.0 Å². The van der Waals surface area contributed by atoms with Crippen LogP contribution in [0.4, 0.5) is 5.69 Å². The van der Waals surface area contributed by atoms with Crippen molar-refractivity contribution in [1.29, 1.82) is 0 Å². The van der Waals surface area contributed by atoms with Gasteiger partial charge < -0.3 is 9.15 Å². The van der Waals surface area contributed by atoms with Crippen LogP contribution >= 0.6 is 0 Å². The molecule has 10 nitrogen and oxygen atoms in total. The summed E-state index contributed by atoms with van der Waals surface area (Å²) in [6, 6.07) is 11.6. The molecular formula is C17H13N5O5S. The summed E-state index contributed by atoms with van der Waals surface area (Å²) in [7, 11) is -3.60. The molecule has 28 heavy (non-hydrogen) atoms. The van der Waals surface area contributed by atoms with Crippen LogP contribution in [0.5, 0.6) is 11.5 Å². The number of ether oxygens (including phenoxy) is 1. The fraction of sp³-hybridized carbons (Fsp3) is 0.0588. The molecule has 0 atom stereocenters.